The highest BCUT2D eigenvalue weighted by Crippen LogP contribution is 2.35. The molecule has 0 bridgehead atoms. The Balaban J connectivity index is 1.74. The van der Waals surface area contributed by atoms with Crippen molar-refractivity contribution in [1.82, 2.24) is 20.9 Å². The molecule has 29 heavy (non-hydrogen) atoms. The van der Waals surface area contributed by atoms with Crippen LogP contribution in [0.3, 0.4) is 0 Å². The van der Waals surface area contributed by atoms with Crippen molar-refractivity contribution in [3.8, 4) is 17.0 Å². The Hall–Kier alpha value is -2.44. The molecule has 1 aliphatic heterocycles. The fourth-order valence-corrected chi connectivity index (χ4v) is 4.79. The van der Waals surface area contributed by atoms with Crippen LogP contribution < -0.4 is 16.6 Å². The first-order chi connectivity index (χ1) is 13.6. The van der Waals surface area contributed by atoms with Crippen molar-refractivity contribution in [2.75, 3.05) is 0 Å². The van der Waals surface area contributed by atoms with Crippen molar-refractivity contribution in [2.24, 2.45) is 11.8 Å². The molecular formula is C23H33N5O. The number of rotatable bonds is 5. The second-order valence-electron chi connectivity index (χ2n) is 9.51. The molecule has 0 unspecified atom stereocenters. The lowest BCUT2D eigenvalue weighted by Gasteiger charge is -2.46. The van der Waals surface area contributed by atoms with Crippen molar-refractivity contribution in [3.63, 3.8) is 0 Å². The molecule has 2 aromatic rings. The molecule has 156 valence electrons. The predicted molar refractivity (Wildman–Crippen MR) is 118 cm³/mol. The van der Waals surface area contributed by atoms with E-state index in [-0.39, 0.29) is 16.8 Å². The number of nitrogens with two attached hydrogens (primary N) is 1. The van der Waals surface area contributed by atoms with Crippen LogP contribution in [0.4, 0.5) is 0 Å². The molecule has 5 N–H and O–H groups in total. The quantitative estimate of drug-likeness (QED) is 0.455. The Bertz CT molecular complexity index is 871. The number of hydrogen-bond donors (Lipinski definition) is 4. The van der Waals surface area contributed by atoms with Gasteiger partial charge in [-0.2, -0.15) is 10.2 Å². The maximum Gasteiger partial charge on any atom is 0.125 e. The smallest absolute Gasteiger partial charge is 0.125 e. The molecule has 0 aliphatic carbocycles. The molecule has 0 spiro atoms. The number of hydrazine groups is 1. The third-order valence-electron chi connectivity index (χ3n) is 5.52. The van der Waals surface area contributed by atoms with Crippen LogP contribution in [0.25, 0.3) is 16.8 Å². The van der Waals surface area contributed by atoms with Crippen LogP contribution in [-0.2, 0) is 6.42 Å². The summed E-state index contributed by atoms with van der Waals surface area (Å²) in [6.07, 6.45) is 4.84. The van der Waals surface area contributed by atoms with Gasteiger partial charge in [0.15, 0.2) is 0 Å². The minimum Gasteiger partial charge on any atom is -0.507 e. The van der Waals surface area contributed by atoms with Crippen molar-refractivity contribution in [3.05, 3.63) is 47.8 Å². The summed E-state index contributed by atoms with van der Waals surface area (Å²) >= 11 is 0. The molecule has 0 atom stereocenters. The van der Waals surface area contributed by atoms with Crippen molar-refractivity contribution in [2.45, 2.75) is 65.0 Å². The van der Waals surface area contributed by atoms with E-state index >= 15 is 0 Å². The highest BCUT2D eigenvalue weighted by molar-refractivity contribution is 5.72. The number of aromatic hydroxyl groups is 1. The van der Waals surface area contributed by atoms with Gasteiger partial charge < -0.3 is 15.8 Å². The molecule has 1 aliphatic rings. The summed E-state index contributed by atoms with van der Waals surface area (Å²) in [4.78, 5) is 0. The number of nitrogens with one attached hydrogen (secondary N) is 2. The molecule has 2 heterocycles. The monoisotopic (exact) mass is 395 g/mol. The van der Waals surface area contributed by atoms with E-state index in [9.17, 15) is 5.11 Å². The second kappa shape index (κ2) is 8.13. The number of allylic oxidation sites excluding steroid dienone is 1. The summed E-state index contributed by atoms with van der Waals surface area (Å²) in [6.45, 7) is 11.0. The Labute approximate surface area is 173 Å². The zero-order chi connectivity index (χ0) is 21.2. The zero-order valence-electron chi connectivity index (χ0n) is 18.1. The van der Waals surface area contributed by atoms with E-state index in [1.165, 1.54) is 0 Å². The largest absolute Gasteiger partial charge is 0.507 e. The van der Waals surface area contributed by atoms with Crippen LogP contribution in [0.15, 0.2) is 36.5 Å². The highest BCUT2D eigenvalue weighted by Gasteiger charge is 2.37. The Morgan fingerprint density at radius 1 is 1.17 bits per heavy atom. The van der Waals surface area contributed by atoms with Crippen LogP contribution in [0.1, 0.15) is 58.7 Å². The molecule has 1 saturated heterocycles. The van der Waals surface area contributed by atoms with Gasteiger partial charge in [-0.1, -0.05) is 6.07 Å². The lowest BCUT2D eigenvalue weighted by Crippen LogP contribution is -2.58. The standard InChI is InChI=1S/C23H33N5O/c1-15(14-25-24)17-6-8-19(21(29)11-17)20-9-7-18(26-27-20)10-16-12-22(2,3)28-23(4,5)13-16/h6-9,11,14,16,25,28-29H,10,12-13,24H2,1-5H3/b15-14+. The van der Waals surface area contributed by atoms with Crippen LogP contribution >= 0.6 is 0 Å². The molecule has 6 heteroatoms. The maximum absolute atomic E-state index is 10.5. The third kappa shape index (κ3) is 5.34. The fraction of sp³-hybridized carbons (Fsp3) is 0.478. The van der Waals surface area contributed by atoms with Gasteiger partial charge in [-0.3, -0.25) is 5.84 Å². The Kier molecular flexibility index (Phi) is 5.96. The number of phenols is 1. The van der Waals surface area contributed by atoms with Crippen LogP contribution in [0.2, 0.25) is 0 Å². The Morgan fingerprint density at radius 3 is 2.41 bits per heavy atom. The van der Waals surface area contributed by atoms with E-state index in [0.717, 1.165) is 36.1 Å². The van der Waals surface area contributed by atoms with Crippen molar-refractivity contribution >= 4 is 5.57 Å². The molecule has 1 fully saturated rings. The number of piperidine rings is 1. The molecule has 6 nitrogen and oxygen atoms in total. The SMILES string of the molecule is C/C(=C\NN)c1ccc(-c2ccc(CC3CC(C)(C)NC(C)(C)C3)nn2)c(O)c1. The lowest BCUT2D eigenvalue weighted by atomic mass is 9.74. The summed E-state index contributed by atoms with van der Waals surface area (Å²) in [5.74, 6) is 6.07. The maximum atomic E-state index is 10.5. The van der Waals surface area contributed by atoms with E-state index < -0.39 is 0 Å². The second-order valence-corrected chi connectivity index (χ2v) is 9.51. The Morgan fingerprint density at radius 2 is 1.86 bits per heavy atom. The minimum absolute atomic E-state index is 0.124. The van der Waals surface area contributed by atoms with E-state index in [1.807, 2.05) is 31.2 Å². The predicted octanol–water partition coefficient (Wildman–Crippen LogP) is 3.77. The van der Waals surface area contributed by atoms with Crippen LogP contribution in [0, 0.1) is 5.92 Å². The molecule has 0 radical (unpaired) electrons. The molecule has 1 aromatic heterocycles. The van der Waals surface area contributed by atoms with E-state index in [0.29, 0.717) is 17.2 Å². The van der Waals surface area contributed by atoms with E-state index in [1.54, 1.807) is 12.3 Å². The van der Waals surface area contributed by atoms with Gasteiger partial charge in [0.25, 0.3) is 0 Å². The van der Waals surface area contributed by atoms with Crippen molar-refractivity contribution in [1.29, 1.82) is 0 Å². The summed E-state index contributed by atoms with van der Waals surface area (Å²) in [5, 5.41) is 23.0. The summed E-state index contributed by atoms with van der Waals surface area (Å²) < 4.78 is 0. The molecular weight excluding hydrogens is 362 g/mol. The van der Waals surface area contributed by atoms with Gasteiger partial charge in [-0.05, 0) is 95.2 Å². The lowest BCUT2D eigenvalue weighted by molar-refractivity contribution is 0.128. The van der Waals surface area contributed by atoms with Gasteiger partial charge in [0, 0.05) is 22.8 Å². The van der Waals surface area contributed by atoms with Gasteiger partial charge in [-0.25, -0.2) is 0 Å². The molecule has 0 saturated carbocycles. The molecule has 1 aromatic carbocycles. The topological polar surface area (TPSA) is 96.1 Å². The van der Waals surface area contributed by atoms with E-state index in [4.69, 9.17) is 5.84 Å². The summed E-state index contributed by atoms with van der Waals surface area (Å²) in [7, 11) is 0. The number of hydrogen-bond acceptors (Lipinski definition) is 6. The number of phenolic OH excluding ortho intramolecular Hbond substituents is 1. The van der Waals surface area contributed by atoms with Gasteiger partial charge in [0.1, 0.15) is 5.75 Å². The zero-order valence-corrected chi connectivity index (χ0v) is 18.1. The van der Waals surface area contributed by atoms with Gasteiger partial charge in [0.05, 0.1) is 11.4 Å². The summed E-state index contributed by atoms with van der Waals surface area (Å²) in [6, 6.07) is 9.49. The molecule has 0 amide bonds. The average molecular weight is 396 g/mol. The van der Waals surface area contributed by atoms with E-state index in [2.05, 4.69) is 48.6 Å². The third-order valence-corrected chi connectivity index (χ3v) is 5.52. The van der Waals surface area contributed by atoms with Gasteiger partial charge in [-0.15, -0.1) is 0 Å². The van der Waals surface area contributed by atoms with Gasteiger partial charge >= 0.3 is 0 Å². The summed E-state index contributed by atoms with van der Waals surface area (Å²) in [5.41, 5.74) is 6.92. The molecule has 3 rings (SSSR count). The first-order valence-electron chi connectivity index (χ1n) is 10.2. The average Bonchev–Trinajstić information content (AvgIpc) is 2.60. The number of aromatic nitrogens is 2. The number of benzene rings is 1. The normalized spacial score (nSPS) is 19.2. The van der Waals surface area contributed by atoms with Gasteiger partial charge in [0.2, 0.25) is 0 Å². The number of nitrogens with zero attached hydrogens (tertiary/aromatic N) is 2. The minimum atomic E-state index is 0.124. The highest BCUT2D eigenvalue weighted by atomic mass is 16.3. The first-order valence-corrected chi connectivity index (χ1v) is 10.2. The van der Waals surface area contributed by atoms with Crippen LogP contribution in [-0.4, -0.2) is 26.4 Å². The van der Waals surface area contributed by atoms with Crippen molar-refractivity contribution < 1.29 is 5.11 Å². The first kappa shape index (κ1) is 21.3. The van der Waals surface area contributed by atoms with Crippen LogP contribution in [0.5, 0.6) is 5.75 Å². The fourth-order valence-electron chi connectivity index (χ4n) is 4.79.